The molecule has 3 heteroatoms. The van der Waals surface area contributed by atoms with Crippen LogP contribution >= 0.6 is 0 Å². The second kappa shape index (κ2) is 5.15. The molecule has 0 aromatic carbocycles. The molecule has 1 rings (SSSR count). The van der Waals surface area contributed by atoms with Crippen molar-refractivity contribution < 1.29 is 14.6 Å². The van der Waals surface area contributed by atoms with Crippen LogP contribution in [0.5, 0.6) is 0 Å². The van der Waals surface area contributed by atoms with Crippen molar-refractivity contribution in [3.05, 3.63) is 11.6 Å². The van der Waals surface area contributed by atoms with Crippen molar-refractivity contribution in [2.45, 2.75) is 39.2 Å². The first-order valence-electron chi connectivity index (χ1n) is 5.13. The van der Waals surface area contributed by atoms with Crippen molar-refractivity contribution in [2.24, 2.45) is 5.92 Å². The number of carbonyl (C=O) groups is 1. The Morgan fingerprint density at radius 3 is 2.79 bits per heavy atom. The highest BCUT2D eigenvalue weighted by atomic mass is 16.6. The Morgan fingerprint density at radius 1 is 1.71 bits per heavy atom. The summed E-state index contributed by atoms with van der Waals surface area (Å²) in [6, 6.07) is 0. The van der Waals surface area contributed by atoms with Crippen LogP contribution in [0.3, 0.4) is 0 Å². The SMILES string of the molecule is CCC(C)=CCC(CC1CO1)C(=O)O. The van der Waals surface area contributed by atoms with E-state index in [1.165, 1.54) is 5.57 Å². The Morgan fingerprint density at radius 2 is 2.36 bits per heavy atom. The van der Waals surface area contributed by atoms with Gasteiger partial charge in [-0.15, -0.1) is 0 Å². The van der Waals surface area contributed by atoms with Gasteiger partial charge in [-0.05, 0) is 26.2 Å². The minimum absolute atomic E-state index is 0.200. The second-order valence-corrected chi connectivity index (χ2v) is 3.87. The Kier molecular flexibility index (Phi) is 4.14. The van der Waals surface area contributed by atoms with Crippen LogP contribution in [0.25, 0.3) is 0 Å². The Hall–Kier alpha value is -0.830. The third-order valence-corrected chi connectivity index (χ3v) is 2.61. The molecule has 3 nitrogen and oxygen atoms in total. The largest absolute Gasteiger partial charge is 0.481 e. The zero-order chi connectivity index (χ0) is 10.6. The van der Waals surface area contributed by atoms with Crippen LogP contribution in [0.1, 0.15) is 33.1 Å². The van der Waals surface area contributed by atoms with Crippen LogP contribution < -0.4 is 0 Å². The van der Waals surface area contributed by atoms with E-state index < -0.39 is 5.97 Å². The van der Waals surface area contributed by atoms with Crippen LogP contribution in [-0.4, -0.2) is 23.8 Å². The summed E-state index contributed by atoms with van der Waals surface area (Å²) in [5.41, 5.74) is 1.26. The lowest BCUT2D eigenvalue weighted by atomic mass is 9.98. The number of aliphatic carboxylic acids is 1. The lowest BCUT2D eigenvalue weighted by molar-refractivity contribution is -0.142. The number of hydrogen-bond acceptors (Lipinski definition) is 2. The number of epoxide rings is 1. The molecule has 1 fully saturated rings. The van der Waals surface area contributed by atoms with Gasteiger partial charge in [-0.3, -0.25) is 4.79 Å². The van der Waals surface area contributed by atoms with Crippen LogP contribution in [-0.2, 0) is 9.53 Å². The van der Waals surface area contributed by atoms with E-state index in [1.807, 2.05) is 13.0 Å². The predicted molar refractivity (Wildman–Crippen MR) is 54.1 cm³/mol. The van der Waals surface area contributed by atoms with Crippen molar-refractivity contribution in [3.8, 4) is 0 Å². The molecular formula is C11H18O3. The Labute approximate surface area is 84.8 Å². The van der Waals surface area contributed by atoms with Crippen molar-refractivity contribution >= 4 is 5.97 Å². The summed E-state index contributed by atoms with van der Waals surface area (Å²) >= 11 is 0. The fourth-order valence-electron chi connectivity index (χ4n) is 1.31. The topological polar surface area (TPSA) is 49.8 Å². The van der Waals surface area contributed by atoms with Gasteiger partial charge in [0.25, 0.3) is 0 Å². The molecule has 0 radical (unpaired) electrons. The van der Waals surface area contributed by atoms with Gasteiger partial charge in [0, 0.05) is 0 Å². The third kappa shape index (κ3) is 3.92. The average molecular weight is 198 g/mol. The maximum atomic E-state index is 10.9. The van der Waals surface area contributed by atoms with Gasteiger partial charge in [-0.2, -0.15) is 0 Å². The molecule has 2 atom stereocenters. The maximum absolute atomic E-state index is 10.9. The van der Waals surface area contributed by atoms with Gasteiger partial charge in [0.15, 0.2) is 0 Å². The summed E-state index contributed by atoms with van der Waals surface area (Å²) in [4.78, 5) is 10.9. The molecule has 1 aliphatic heterocycles. The number of ether oxygens (including phenoxy) is 1. The summed E-state index contributed by atoms with van der Waals surface area (Å²) in [5, 5.41) is 8.95. The van der Waals surface area contributed by atoms with Crippen LogP contribution in [0.2, 0.25) is 0 Å². The van der Waals surface area contributed by atoms with E-state index in [-0.39, 0.29) is 12.0 Å². The molecule has 0 aromatic rings. The first-order chi connectivity index (χ1) is 6.63. The van der Waals surface area contributed by atoms with Crippen LogP contribution in [0, 0.1) is 5.92 Å². The smallest absolute Gasteiger partial charge is 0.306 e. The van der Waals surface area contributed by atoms with E-state index >= 15 is 0 Å². The molecule has 1 heterocycles. The van der Waals surface area contributed by atoms with Crippen molar-refractivity contribution in [2.75, 3.05) is 6.61 Å². The molecule has 0 saturated carbocycles. The number of allylic oxidation sites excluding steroid dienone is 2. The molecule has 1 N–H and O–H groups in total. The highest BCUT2D eigenvalue weighted by molar-refractivity contribution is 5.70. The summed E-state index contributed by atoms with van der Waals surface area (Å²) in [7, 11) is 0. The molecular weight excluding hydrogens is 180 g/mol. The van der Waals surface area contributed by atoms with Gasteiger partial charge in [0.1, 0.15) is 0 Å². The minimum Gasteiger partial charge on any atom is -0.481 e. The molecule has 14 heavy (non-hydrogen) atoms. The minimum atomic E-state index is -0.708. The highest BCUT2D eigenvalue weighted by Crippen LogP contribution is 2.22. The maximum Gasteiger partial charge on any atom is 0.306 e. The number of carboxylic acids is 1. The average Bonchev–Trinajstić information content (AvgIpc) is 2.94. The van der Waals surface area contributed by atoms with E-state index in [4.69, 9.17) is 9.84 Å². The summed E-state index contributed by atoms with van der Waals surface area (Å²) in [6.45, 7) is 4.85. The molecule has 2 unspecified atom stereocenters. The van der Waals surface area contributed by atoms with E-state index in [0.717, 1.165) is 13.0 Å². The standard InChI is InChI=1S/C11H18O3/c1-3-8(2)4-5-9(11(12)13)6-10-7-14-10/h4,9-10H,3,5-7H2,1-2H3,(H,12,13). The van der Waals surface area contributed by atoms with Crippen molar-refractivity contribution in [3.63, 3.8) is 0 Å². The molecule has 1 saturated heterocycles. The fourth-order valence-corrected chi connectivity index (χ4v) is 1.31. The number of carboxylic acid groups (broad SMARTS) is 1. The third-order valence-electron chi connectivity index (χ3n) is 2.61. The molecule has 1 aliphatic rings. The quantitative estimate of drug-likeness (QED) is 0.526. The van der Waals surface area contributed by atoms with Gasteiger partial charge < -0.3 is 9.84 Å². The Bertz CT molecular complexity index is 229. The van der Waals surface area contributed by atoms with Gasteiger partial charge >= 0.3 is 5.97 Å². The zero-order valence-corrected chi connectivity index (χ0v) is 8.82. The van der Waals surface area contributed by atoms with Crippen molar-refractivity contribution in [1.82, 2.24) is 0 Å². The number of hydrogen-bond donors (Lipinski definition) is 1. The van der Waals surface area contributed by atoms with Gasteiger partial charge in [0.2, 0.25) is 0 Å². The molecule has 80 valence electrons. The zero-order valence-electron chi connectivity index (χ0n) is 8.82. The highest BCUT2D eigenvalue weighted by Gasteiger charge is 2.29. The van der Waals surface area contributed by atoms with Crippen LogP contribution in [0.15, 0.2) is 11.6 Å². The molecule has 0 spiro atoms. The first kappa shape index (κ1) is 11.2. The van der Waals surface area contributed by atoms with E-state index in [1.54, 1.807) is 0 Å². The molecule has 0 bridgehead atoms. The van der Waals surface area contributed by atoms with Gasteiger partial charge in [-0.25, -0.2) is 0 Å². The lowest BCUT2D eigenvalue weighted by Crippen LogP contribution is -2.15. The second-order valence-electron chi connectivity index (χ2n) is 3.87. The fraction of sp³-hybridized carbons (Fsp3) is 0.727. The lowest BCUT2D eigenvalue weighted by Gasteiger charge is -2.08. The van der Waals surface area contributed by atoms with Gasteiger partial charge in [0.05, 0.1) is 18.6 Å². The van der Waals surface area contributed by atoms with E-state index in [2.05, 4.69) is 6.92 Å². The molecule has 0 amide bonds. The van der Waals surface area contributed by atoms with Crippen molar-refractivity contribution in [1.29, 1.82) is 0 Å². The normalized spacial score (nSPS) is 23.3. The number of rotatable bonds is 6. The summed E-state index contributed by atoms with van der Waals surface area (Å²) in [6.07, 6.45) is 4.51. The predicted octanol–water partition coefficient (Wildman–Crippen LogP) is 2.22. The molecule has 0 aromatic heterocycles. The van der Waals surface area contributed by atoms with Crippen LogP contribution in [0.4, 0.5) is 0 Å². The van der Waals surface area contributed by atoms with E-state index in [9.17, 15) is 4.79 Å². The molecule has 0 aliphatic carbocycles. The summed E-state index contributed by atoms with van der Waals surface area (Å²) in [5.74, 6) is -0.982. The van der Waals surface area contributed by atoms with Gasteiger partial charge in [-0.1, -0.05) is 18.6 Å². The van der Waals surface area contributed by atoms with E-state index in [0.29, 0.717) is 12.8 Å². The summed E-state index contributed by atoms with van der Waals surface area (Å²) < 4.78 is 5.04. The Balaban J connectivity index is 2.37. The first-order valence-corrected chi connectivity index (χ1v) is 5.13. The monoisotopic (exact) mass is 198 g/mol.